The summed E-state index contributed by atoms with van der Waals surface area (Å²) in [6.07, 6.45) is 3.43. The third-order valence-corrected chi connectivity index (χ3v) is 1.05. The summed E-state index contributed by atoms with van der Waals surface area (Å²) in [4.78, 5) is 4.07. The Balaban J connectivity index is 4.26. The van der Waals surface area contributed by atoms with Crippen LogP contribution < -0.4 is 5.73 Å². The van der Waals surface area contributed by atoms with Gasteiger partial charge in [0.25, 0.3) is 0 Å². The molecule has 0 heterocycles. The summed E-state index contributed by atoms with van der Waals surface area (Å²) in [6, 6.07) is 0. The van der Waals surface area contributed by atoms with Crippen LogP contribution in [0.3, 0.4) is 0 Å². The van der Waals surface area contributed by atoms with Crippen LogP contribution in [0.4, 0.5) is 0 Å². The number of allylic oxidation sites excluding steroid dienone is 1. The fourth-order valence-electron chi connectivity index (χ4n) is 0.936. The second-order valence-electron chi connectivity index (χ2n) is 3.15. The van der Waals surface area contributed by atoms with Crippen LogP contribution in [-0.4, -0.2) is 11.9 Å². The average Bonchev–Trinajstić information content (AvgIpc) is 1.59. The van der Waals surface area contributed by atoms with Crippen LogP contribution in [0.1, 0.15) is 27.7 Å². The van der Waals surface area contributed by atoms with E-state index >= 15 is 0 Å². The van der Waals surface area contributed by atoms with E-state index in [4.69, 9.17) is 5.73 Å². The minimum Gasteiger partial charge on any atom is -0.390 e. The number of hydrogen-bond donors (Lipinski definition) is 1. The number of aliphatic imine (C=N–C) groups is 1. The predicted octanol–water partition coefficient (Wildman–Crippen LogP) is 1.72. The van der Waals surface area contributed by atoms with Gasteiger partial charge in [0.05, 0.1) is 11.9 Å². The van der Waals surface area contributed by atoms with Crippen molar-refractivity contribution in [2.75, 3.05) is 0 Å². The van der Waals surface area contributed by atoms with Crippen molar-refractivity contribution in [3.63, 3.8) is 0 Å². The molecule has 0 amide bonds. The van der Waals surface area contributed by atoms with E-state index in [1.54, 1.807) is 0 Å². The molecule has 0 aliphatic rings. The highest BCUT2D eigenvalue weighted by Crippen LogP contribution is 2.11. The molecule has 0 saturated carbocycles. The molecular weight excluding hydrogens is 124 g/mol. The van der Waals surface area contributed by atoms with Crippen molar-refractivity contribution >= 4 is 6.34 Å². The first-order valence-corrected chi connectivity index (χ1v) is 3.39. The van der Waals surface area contributed by atoms with E-state index in [2.05, 4.69) is 11.1 Å². The molecule has 0 bridgehead atoms. The van der Waals surface area contributed by atoms with Gasteiger partial charge in [-0.1, -0.05) is 11.6 Å². The number of hydrogen-bond acceptors (Lipinski definition) is 1. The third kappa shape index (κ3) is 4.13. The van der Waals surface area contributed by atoms with Crippen molar-refractivity contribution in [1.29, 1.82) is 0 Å². The maximum absolute atomic E-state index is 5.17. The summed E-state index contributed by atoms with van der Waals surface area (Å²) in [6.45, 7) is 8.13. The normalized spacial score (nSPS) is 12.0. The molecule has 10 heavy (non-hydrogen) atoms. The maximum atomic E-state index is 5.17. The first-order valence-electron chi connectivity index (χ1n) is 3.39. The van der Waals surface area contributed by atoms with Gasteiger partial charge >= 0.3 is 0 Å². The molecule has 0 unspecified atom stereocenters. The number of nitrogens with two attached hydrogens (primary N) is 1. The van der Waals surface area contributed by atoms with Crippen LogP contribution in [-0.2, 0) is 0 Å². The van der Waals surface area contributed by atoms with Crippen LogP contribution in [0.2, 0.25) is 0 Å². The van der Waals surface area contributed by atoms with Gasteiger partial charge in [-0.15, -0.1) is 0 Å². The van der Waals surface area contributed by atoms with Crippen LogP contribution in [0.15, 0.2) is 16.6 Å². The summed E-state index contributed by atoms with van der Waals surface area (Å²) in [7, 11) is 0. The Kier molecular flexibility index (Phi) is 3.13. The highest BCUT2D eigenvalue weighted by atomic mass is 14.9. The van der Waals surface area contributed by atoms with Crippen molar-refractivity contribution in [3.8, 4) is 0 Å². The molecule has 0 spiro atoms. The second kappa shape index (κ2) is 3.40. The molecule has 0 aromatic carbocycles. The van der Waals surface area contributed by atoms with Crippen molar-refractivity contribution in [1.82, 2.24) is 0 Å². The monoisotopic (exact) mass is 140 g/mol. The Morgan fingerprint density at radius 3 is 2.20 bits per heavy atom. The van der Waals surface area contributed by atoms with E-state index < -0.39 is 0 Å². The minimum absolute atomic E-state index is 0.145. The lowest BCUT2D eigenvalue weighted by Gasteiger charge is -2.13. The van der Waals surface area contributed by atoms with Crippen LogP contribution >= 0.6 is 0 Å². The molecule has 0 aliphatic heterocycles. The van der Waals surface area contributed by atoms with E-state index in [-0.39, 0.29) is 5.54 Å². The summed E-state index contributed by atoms with van der Waals surface area (Å²) in [5, 5.41) is 0. The third-order valence-electron chi connectivity index (χ3n) is 1.05. The summed E-state index contributed by atoms with van der Waals surface area (Å²) >= 11 is 0. The molecule has 2 N–H and O–H groups in total. The van der Waals surface area contributed by atoms with Crippen LogP contribution in [0.5, 0.6) is 0 Å². The Hall–Kier alpha value is -0.790. The fraction of sp³-hybridized carbons (Fsp3) is 0.625. The van der Waals surface area contributed by atoms with E-state index in [1.165, 1.54) is 11.9 Å². The molecule has 0 atom stereocenters. The van der Waals surface area contributed by atoms with Crippen molar-refractivity contribution in [2.24, 2.45) is 10.7 Å². The Labute approximate surface area is 62.8 Å². The minimum atomic E-state index is -0.145. The summed E-state index contributed by atoms with van der Waals surface area (Å²) < 4.78 is 0. The van der Waals surface area contributed by atoms with Crippen LogP contribution in [0, 0.1) is 0 Å². The maximum Gasteiger partial charge on any atom is 0.0808 e. The van der Waals surface area contributed by atoms with Gasteiger partial charge in [0, 0.05) is 0 Å². The molecule has 58 valence electrons. The Morgan fingerprint density at radius 2 is 1.90 bits per heavy atom. The zero-order valence-corrected chi connectivity index (χ0v) is 7.18. The molecule has 2 nitrogen and oxygen atoms in total. The van der Waals surface area contributed by atoms with Crippen molar-refractivity contribution in [2.45, 2.75) is 33.2 Å². The lowest BCUT2D eigenvalue weighted by molar-refractivity contribution is 0.654. The van der Waals surface area contributed by atoms with E-state index in [1.807, 2.05) is 27.7 Å². The van der Waals surface area contributed by atoms with Crippen molar-refractivity contribution < 1.29 is 0 Å². The molecule has 0 aromatic rings. The first kappa shape index (κ1) is 9.21. The predicted molar refractivity (Wildman–Crippen MR) is 46.2 cm³/mol. The average molecular weight is 140 g/mol. The lowest BCUT2D eigenvalue weighted by atomic mass is 10.0. The largest absolute Gasteiger partial charge is 0.390 e. The van der Waals surface area contributed by atoms with Gasteiger partial charge in [-0.2, -0.15) is 0 Å². The van der Waals surface area contributed by atoms with Gasteiger partial charge in [0.1, 0.15) is 0 Å². The van der Waals surface area contributed by atoms with Gasteiger partial charge in [-0.3, -0.25) is 4.99 Å². The van der Waals surface area contributed by atoms with Gasteiger partial charge in [0.15, 0.2) is 0 Å². The zero-order chi connectivity index (χ0) is 8.20. The second-order valence-corrected chi connectivity index (χ2v) is 3.15. The number of nitrogens with zero attached hydrogens (tertiary/aromatic N) is 1. The number of rotatable bonds is 2. The molecule has 0 aliphatic carbocycles. The highest BCUT2D eigenvalue weighted by Gasteiger charge is 2.09. The lowest BCUT2D eigenvalue weighted by Crippen LogP contribution is -2.14. The van der Waals surface area contributed by atoms with E-state index in [0.29, 0.717) is 0 Å². The van der Waals surface area contributed by atoms with Gasteiger partial charge < -0.3 is 5.73 Å². The quantitative estimate of drug-likeness (QED) is 0.354. The summed E-state index contributed by atoms with van der Waals surface area (Å²) in [5.41, 5.74) is 6.28. The van der Waals surface area contributed by atoms with Crippen LogP contribution in [0.25, 0.3) is 0 Å². The Bertz CT molecular complexity index is 151. The standard InChI is InChI=1S/C8H16N2/c1-7(2)5-8(3,4)10-6-9/h5-6H,1-4H3,(H2,9,10). The SMILES string of the molecule is CC(C)=CC(C)(C)N=CN. The molecule has 0 rings (SSSR count). The van der Waals surface area contributed by atoms with Gasteiger partial charge in [0.2, 0.25) is 0 Å². The fourth-order valence-corrected chi connectivity index (χ4v) is 0.936. The van der Waals surface area contributed by atoms with E-state index in [9.17, 15) is 0 Å². The summed E-state index contributed by atoms with van der Waals surface area (Å²) in [5.74, 6) is 0. The smallest absolute Gasteiger partial charge is 0.0808 e. The van der Waals surface area contributed by atoms with E-state index in [0.717, 1.165) is 0 Å². The van der Waals surface area contributed by atoms with Gasteiger partial charge in [-0.25, -0.2) is 0 Å². The zero-order valence-electron chi connectivity index (χ0n) is 7.18. The molecule has 0 fully saturated rings. The first-order chi connectivity index (χ1) is 4.48. The van der Waals surface area contributed by atoms with Crippen molar-refractivity contribution in [3.05, 3.63) is 11.6 Å². The molecular formula is C8H16N2. The topological polar surface area (TPSA) is 38.4 Å². The highest BCUT2D eigenvalue weighted by molar-refractivity contribution is 5.52. The molecule has 2 heteroatoms. The molecule has 0 aromatic heterocycles. The molecule has 0 radical (unpaired) electrons. The van der Waals surface area contributed by atoms with Gasteiger partial charge in [-0.05, 0) is 27.7 Å². The Morgan fingerprint density at radius 1 is 1.40 bits per heavy atom. The molecule has 0 saturated heterocycles.